The van der Waals surface area contributed by atoms with Crippen LogP contribution in [-0.4, -0.2) is 20.4 Å². The number of benzene rings is 1. The van der Waals surface area contributed by atoms with Gasteiger partial charge in [0.2, 0.25) is 11.6 Å². The first kappa shape index (κ1) is 15.5. The predicted molar refractivity (Wildman–Crippen MR) is 90.3 cm³/mol. The number of rotatable bonds is 3. The lowest BCUT2D eigenvalue weighted by Gasteiger charge is -2.04. The van der Waals surface area contributed by atoms with Crippen LogP contribution < -0.4 is 5.32 Å². The number of phenolic OH excluding ortho intramolecular Hbond substituents is 1. The first-order valence-corrected chi connectivity index (χ1v) is 7.49. The molecule has 0 radical (unpaired) electrons. The Morgan fingerprint density at radius 1 is 1.38 bits per heavy atom. The van der Waals surface area contributed by atoms with Crippen LogP contribution in [0.3, 0.4) is 0 Å². The zero-order chi connectivity index (χ0) is 17.1. The smallest absolute Gasteiger partial charge is 0.231 e. The molecular formula is C15H10N6O2S. The maximum atomic E-state index is 11.1. The SMILES string of the molecule is [C-]#[N+]c1cncc2c(/N=N/c3ccc(O)c(NC(C)=O)c3)snc12. The third-order valence-corrected chi connectivity index (χ3v) is 3.77. The highest BCUT2D eigenvalue weighted by atomic mass is 32.1. The normalized spacial score (nSPS) is 10.8. The number of hydrogen-bond donors (Lipinski definition) is 2. The molecule has 0 spiro atoms. The molecule has 0 saturated heterocycles. The minimum atomic E-state index is -0.300. The van der Waals surface area contributed by atoms with E-state index in [-0.39, 0.29) is 17.3 Å². The lowest BCUT2D eigenvalue weighted by molar-refractivity contribution is -0.114. The molecule has 0 fully saturated rings. The molecule has 0 aliphatic rings. The van der Waals surface area contributed by atoms with Gasteiger partial charge in [-0.2, -0.15) is 0 Å². The van der Waals surface area contributed by atoms with Crippen molar-refractivity contribution in [2.45, 2.75) is 6.92 Å². The van der Waals surface area contributed by atoms with Crippen LogP contribution in [0.2, 0.25) is 0 Å². The summed E-state index contributed by atoms with van der Waals surface area (Å²) in [4.78, 5) is 18.5. The average Bonchev–Trinajstić information content (AvgIpc) is 2.98. The number of nitrogens with zero attached hydrogens (tertiary/aromatic N) is 5. The van der Waals surface area contributed by atoms with Crippen LogP contribution in [-0.2, 0) is 4.79 Å². The van der Waals surface area contributed by atoms with E-state index in [4.69, 9.17) is 6.57 Å². The minimum absolute atomic E-state index is 0.0571. The summed E-state index contributed by atoms with van der Waals surface area (Å²) in [7, 11) is 0. The Labute approximate surface area is 140 Å². The number of anilines is 1. The van der Waals surface area contributed by atoms with E-state index in [1.54, 1.807) is 12.3 Å². The molecule has 0 unspecified atom stereocenters. The van der Waals surface area contributed by atoms with E-state index in [1.807, 2.05) is 0 Å². The molecule has 24 heavy (non-hydrogen) atoms. The monoisotopic (exact) mass is 338 g/mol. The molecule has 2 N–H and O–H groups in total. The molecule has 0 bridgehead atoms. The van der Waals surface area contributed by atoms with E-state index >= 15 is 0 Å². The van der Waals surface area contributed by atoms with Crippen molar-refractivity contribution in [2.24, 2.45) is 10.2 Å². The van der Waals surface area contributed by atoms with Gasteiger partial charge in [0, 0.05) is 24.7 Å². The van der Waals surface area contributed by atoms with Gasteiger partial charge >= 0.3 is 0 Å². The molecular weight excluding hydrogens is 328 g/mol. The van der Waals surface area contributed by atoms with Crippen LogP contribution in [0.15, 0.2) is 40.8 Å². The molecule has 0 aliphatic heterocycles. The van der Waals surface area contributed by atoms with Gasteiger partial charge in [-0.1, -0.05) is 0 Å². The number of phenols is 1. The van der Waals surface area contributed by atoms with Crippen molar-refractivity contribution >= 4 is 50.4 Å². The second kappa shape index (κ2) is 6.39. The average molecular weight is 338 g/mol. The van der Waals surface area contributed by atoms with Crippen LogP contribution >= 0.6 is 11.5 Å². The third-order valence-electron chi connectivity index (χ3n) is 3.02. The van der Waals surface area contributed by atoms with Gasteiger partial charge in [0.25, 0.3) is 0 Å². The molecule has 1 amide bonds. The molecule has 2 heterocycles. The minimum Gasteiger partial charge on any atom is -0.506 e. The van der Waals surface area contributed by atoms with Crippen LogP contribution in [0.5, 0.6) is 5.75 Å². The topological polar surface area (TPSA) is 104 Å². The van der Waals surface area contributed by atoms with E-state index in [0.29, 0.717) is 27.3 Å². The number of carbonyl (C=O) groups is 1. The van der Waals surface area contributed by atoms with E-state index < -0.39 is 0 Å². The molecule has 3 aromatic rings. The fourth-order valence-electron chi connectivity index (χ4n) is 1.97. The van der Waals surface area contributed by atoms with Crippen molar-refractivity contribution in [1.82, 2.24) is 9.36 Å². The largest absolute Gasteiger partial charge is 0.506 e. The quantitative estimate of drug-likeness (QED) is 0.421. The Bertz CT molecular complexity index is 1000. The number of pyridine rings is 1. The van der Waals surface area contributed by atoms with Gasteiger partial charge in [-0.3, -0.25) is 9.78 Å². The van der Waals surface area contributed by atoms with E-state index in [1.165, 1.54) is 25.3 Å². The van der Waals surface area contributed by atoms with Gasteiger partial charge in [0.1, 0.15) is 5.75 Å². The number of nitrogens with one attached hydrogen (secondary N) is 1. The molecule has 0 aliphatic carbocycles. The summed E-state index contributed by atoms with van der Waals surface area (Å²) in [6.45, 7) is 8.45. The molecule has 0 atom stereocenters. The molecule has 1 aromatic carbocycles. The third kappa shape index (κ3) is 3.04. The molecule has 118 valence electrons. The van der Waals surface area contributed by atoms with Crippen molar-refractivity contribution in [3.05, 3.63) is 42.0 Å². The Balaban J connectivity index is 1.94. The van der Waals surface area contributed by atoms with Gasteiger partial charge in [-0.15, -0.1) is 10.2 Å². The highest BCUT2D eigenvalue weighted by molar-refractivity contribution is 7.11. The van der Waals surface area contributed by atoms with Crippen molar-refractivity contribution < 1.29 is 9.90 Å². The summed E-state index contributed by atoms with van der Waals surface area (Å²) >= 11 is 1.12. The van der Waals surface area contributed by atoms with Crippen LogP contribution in [0.1, 0.15) is 6.92 Å². The first-order valence-electron chi connectivity index (χ1n) is 6.71. The van der Waals surface area contributed by atoms with Gasteiger partial charge in [0.05, 0.1) is 23.5 Å². The fraction of sp³-hybridized carbons (Fsp3) is 0.0667. The van der Waals surface area contributed by atoms with Crippen molar-refractivity contribution in [3.8, 4) is 5.75 Å². The number of fused-ring (bicyclic) bond motifs is 1. The summed E-state index contributed by atoms with van der Waals surface area (Å²) in [6, 6.07) is 4.49. The summed E-state index contributed by atoms with van der Waals surface area (Å²) in [5.74, 6) is -0.358. The number of azo groups is 1. The lowest BCUT2D eigenvalue weighted by Crippen LogP contribution is -2.05. The first-order chi connectivity index (χ1) is 11.6. The van der Waals surface area contributed by atoms with E-state index in [0.717, 1.165) is 11.5 Å². The number of carbonyl (C=O) groups excluding carboxylic acids is 1. The van der Waals surface area contributed by atoms with E-state index in [9.17, 15) is 9.90 Å². The zero-order valence-electron chi connectivity index (χ0n) is 12.4. The molecule has 2 aromatic heterocycles. The zero-order valence-corrected chi connectivity index (χ0v) is 13.2. The molecule has 0 saturated carbocycles. The van der Waals surface area contributed by atoms with E-state index in [2.05, 4.69) is 29.7 Å². The Hall–Kier alpha value is -3.38. The van der Waals surface area contributed by atoms with Crippen molar-refractivity contribution in [3.63, 3.8) is 0 Å². The highest BCUT2D eigenvalue weighted by Crippen LogP contribution is 2.36. The molecule has 3 rings (SSSR count). The van der Waals surface area contributed by atoms with Crippen LogP contribution in [0.25, 0.3) is 15.7 Å². The van der Waals surface area contributed by atoms with Crippen LogP contribution in [0.4, 0.5) is 22.1 Å². The number of aromatic hydroxyl groups is 1. The molecule has 8 nitrogen and oxygen atoms in total. The number of hydrogen-bond acceptors (Lipinski definition) is 7. The number of amides is 1. The predicted octanol–water partition coefficient (Wildman–Crippen LogP) is 4.32. The number of aromatic nitrogens is 2. The Kier molecular flexibility index (Phi) is 4.13. The van der Waals surface area contributed by atoms with Gasteiger partial charge in [0.15, 0.2) is 5.00 Å². The van der Waals surface area contributed by atoms with Crippen molar-refractivity contribution in [1.29, 1.82) is 0 Å². The fourth-order valence-corrected chi connectivity index (χ4v) is 2.66. The standard InChI is InChI=1S/C15H10N6O2S/c1-8(22)18-11-5-9(3-4-13(11)23)19-20-15-10-6-17-7-12(16-2)14(10)21-24-15/h3-7,23H,1H3,(H,18,22)/b20-19+. The summed E-state index contributed by atoms with van der Waals surface area (Å²) in [5.41, 5.74) is 1.61. The Morgan fingerprint density at radius 3 is 2.96 bits per heavy atom. The maximum Gasteiger partial charge on any atom is 0.231 e. The summed E-state index contributed by atoms with van der Waals surface area (Å²) < 4.78 is 4.21. The maximum absolute atomic E-state index is 11.1. The lowest BCUT2D eigenvalue weighted by atomic mass is 10.2. The molecule has 9 heteroatoms. The summed E-state index contributed by atoms with van der Waals surface area (Å²) in [6.07, 6.45) is 3.04. The van der Waals surface area contributed by atoms with Crippen LogP contribution in [0, 0.1) is 6.57 Å². The highest BCUT2D eigenvalue weighted by Gasteiger charge is 2.10. The summed E-state index contributed by atoms with van der Waals surface area (Å²) in [5, 5.41) is 21.6. The van der Waals surface area contributed by atoms with Gasteiger partial charge < -0.3 is 10.4 Å². The Morgan fingerprint density at radius 2 is 2.21 bits per heavy atom. The second-order valence-corrected chi connectivity index (χ2v) is 5.49. The van der Waals surface area contributed by atoms with Crippen molar-refractivity contribution in [2.75, 3.05) is 5.32 Å². The van der Waals surface area contributed by atoms with Gasteiger partial charge in [-0.25, -0.2) is 9.22 Å². The second-order valence-electron chi connectivity index (χ2n) is 4.74. The van der Waals surface area contributed by atoms with Gasteiger partial charge in [-0.05, 0) is 29.7 Å².